The highest BCUT2D eigenvalue weighted by atomic mass is 16.5. The number of methoxy groups -OCH3 is 1. The normalized spacial score (nSPS) is 12.2. The van der Waals surface area contributed by atoms with Crippen molar-refractivity contribution < 1.29 is 13.9 Å². The SMILES string of the molecule is COc1ccccc1NC(=O)NC[C@@H](c1cc2ccccc2o1)N(C)C. The lowest BCUT2D eigenvalue weighted by Crippen LogP contribution is -2.36. The predicted molar refractivity (Wildman–Crippen MR) is 103 cm³/mol. The molecule has 0 spiro atoms. The molecular weight excluding hydrogens is 330 g/mol. The van der Waals surface area contributed by atoms with E-state index < -0.39 is 0 Å². The number of furan rings is 1. The molecule has 0 bridgehead atoms. The Kier molecular flexibility index (Phi) is 5.43. The van der Waals surface area contributed by atoms with Crippen LogP contribution in [-0.4, -0.2) is 38.7 Å². The minimum Gasteiger partial charge on any atom is -0.495 e. The number of benzene rings is 2. The molecule has 1 heterocycles. The minimum atomic E-state index is -0.294. The third kappa shape index (κ3) is 3.97. The van der Waals surface area contributed by atoms with E-state index >= 15 is 0 Å². The van der Waals surface area contributed by atoms with E-state index in [4.69, 9.17) is 9.15 Å². The number of fused-ring (bicyclic) bond motifs is 1. The first kappa shape index (κ1) is 17.8. The van der Waals surface area contributed by atoms with Crippen LogP contribution in [0.4, 0.5) is 10.5 Å². The summed E-state index contributed by atoms with van der Waals surface area (Å²) >= 11 is 0. The van der Waals surface area contributed by atoms with Crippen molar-refractivity contribution in [2.45, 2.75) is 6.04 Å². The number of para-hydroxylation sites is 3. The number of carbonyl (C=O) groups is 1. The molecule has 26 heavy (non-hydrogen) atoms. The van der Waals surface area contributed by atoms with Crippen molar-refractivity contribution >= 4 is 22.7 Å². The summed E-state index contributed by atoms with van der Waals surface area (Å²) in [5, 5.41) is 6.76. The molecule has 0 saturated carbocycles. The van der Waals surface area contributed by atoms with Crippen molar-refractivity contribution in [2.24, 2.45) is 0 Å². The second-order valence-corrected chi connectivity index (χ2v) is 6.20. The zero-order chi connectivity index (χ0) is 18.5. The van der Waals surface area contributed by atoms with Crippen molar-refractivity contribution in [1.29, 1.82) is 0 Å². The Morgan fingerprint density at radius 1 is 1.15 bits per heavy atom. The van der Waals surface area contributed by atoms with Gasteiger partial charge in [-0.3, -0.25) is 4.90 Å². The van der Waals surface area contributed by atoms with E-state index in [0.29, 0.717) is 18.0 Å². The van der Waals surface area contributed by atoms with Gasteiger partial charge in [0.2, 0.25) is 0 Å². The molecule has 0 aliphatic carbocycles. The molecule has 136 valence electrons. The van der Waals surface area contributed by atoms with Crippen LogP contribution in [0.25, 0.3) is 11.0 Å². The van der Waals surface area contributed by atoms with Gasteiger partial charge in [-0.25, -0.2) is 4.79 Å². The Balaban J connectivity index is 1.68. The molecule has 0 fully saturated rings. The topological polar surface area (TPSA) is 66.7 Å². The summed E-state index contributed by atoms with van der Waals surface area (Å²) in [7, 11) is 5.48. The second kappa shape index (κ2) is 7.93. The summed E-state index contributed by atoms with van der Waals surface area (Å²) in [6.07, 6.45) is 0. The average Bonchev–Trinajstić information content (AvgIpc) is 3.05. The van der Waals surface area contributed by atoms with Gasteiger partial charge in [0, 0.05) is 11.9 Å². The first-order valence-corrected chi connectivity index (χ1v) is 8.41. The molecular formula is C20H23N3O3. The molecule has 6 heteroatoms. The van der Waals surface area contributed by atoms with Crippen molar-refractivity contribution in [2.75, 3.05) is 33.1 Å². The van der Waals surface area contributed by atoms with Crippen molar-refractivity contribution in [1.82, 2.24) is 10.2 Å². The quantitative estimate of drug-likeness (QED) is 0.706. The number of urea groups is 1. The second-order valence-electron chi connectivity index (χ2n) is 6.20. The molecule has 2 aromatic carbocycles. The molecule has 0 aliphatic heterocycles. The number of nitrogens with zero attached hydrogens (tertiary/aromatic N) is 1. The van der Waals surface area contributed by atoms with Crippen LogP contribution in [0.5, 0.6) is 5.75 Å². The van der Waals surface area contributed by atoms with Crippen LogP contribution in [0.1, 0.15) is 11.8 Å². The van der Waals surface area contributed by atoms with Crippen molar-refractivity contribution in [3.05, 3.63) is 60.4 Å². The number of hydrogen-bond acceptors (Lipinski definition) is 4. The number of rotatable bonds is 6. The zero-order valence-electron chi connectivity index (χ0n) is 15.2. The number of likely N-dealkylation sites (N-methyl/N-ethyl adjacent to an activating group) is 1. The molecule has 0 saturated heterocycles. The maximum absolute atomic E-state index is 12.3. The van der Waals surface area contributed by atoms with Crippen LogP contribution >= 0.6 is 0 Å². The number of anilines is 1. The monoisotopic (exact) mass is 353 g/mol. The van der Waals surface area contributed by atoms with Crippen LogP contribution in [0.3, 0.4) is 0 Å². The lowest BCUT2D eigenvalue weighted by atomic mass is 10.2. The first-order chi connectivity index (χ1) is 12.6. The summed E-state index contributed by atoms with van der Waals surface area (Å²) in [6.45, 7) is 0.411. The van der Waals surface area contributed by atoms with E-state index in [-0.39, 0.29) is 12.1 Å². The molecule has 2 amide bonds. The Hall–Kier alpha value is -2.99. The van der Waals surface area contributed by atoms with E-state index in [1.807, 2.05) is 61.5 Å². The largest absolute Gasteiger partial charge is 0.495 e. The molecule has 3 rings (SSSR count). The van der Waals surface area contributed by atoms with Crippen molar-refractivity contribution in [3.8, 4) is 5.75 Å². The fourth-order valence-electron chi connectivity index (χ4n) is 2.81. The standard InChI is InChI=1S/C20H23N3O3/c1-23(2)16(19-12-14-8-4-6-10-17(14)26-19)13-21-20(24)22-15-9-5-7-11-18(15)25-3/h4-12,16H,13H2,1-3H3,(H2,21,22,24)/t16-/m0/s1. The summed E-state index contributed by atoms with van der Waals surface area (Å²) in [5.41, 5.74) is 1.46. The number of hydrogen-bond donors (Lipinski definition) is 2. The Bertz CT molecular complexity index is 856. The number of ether oxygens (including phenoxy) is 1. The average molecular weight is 353 g/mol. The van der Waals surface area contributed by atoms with Gasteiger partial charge < -0.3 is 19.8 Å². The van der Waals surface area contributed by atoms with Crippen LogP contribution < -0.4 is 15.4 Å². The fourth-order valence-corrected chi connectivity index (χ4v) is 2.81. The fraction of sp³-hybridized carbons (Fsp3) is 0.250. The molecule has 2 N–H and O–H groups in total. The van der Waals surface area contributed by atoms with Crippen LogP contribution in [-0.2, 0) is 0 Å². The van der Waals surface area contributed by atoms with Crippen LogP contribution in [0.2, 0.25) is 0 Å². The third-order valence-corrected chi connectivity index (χ3v) is 4.21. The summed E-state index contributed by atoms with van der Waals surface area (Å²) in [6, 6.07) is 16.8. The van der Waals surface area contributed by atoms with Gasteiger partial charge in [0.05, 0.1) is 18.8 Å². The molecule has 0 radical (unpaired) electrons. The van der Waals surface area contributed by atoms with E-state index in [1.165, 1.54) is 0 Å². The first-order valence-electron chi connectivity index (χ1n) is 8.41. The lowest BCUT2D eigenvalue weighted by molar-refractivity contribution is 0.235. The van der Waals surface area contributed by atoms with Gasteiger partial charge in [-0.2, -0.15) is 0 Å². The molecule has 0 unspecified atom stereocenters. The van der Waals surface area contributed by atoms with Gasteiger partial charge in [-0.15, -0.1) is 0 Å². The molecule has 0 aliphatic rings. The van der Waals surface area contributed by atoms with E-state index in [1.54, 1.807) is 19.2 Å². The number of carbonyl (C=O) groups excluding carboxylic acids is 1. The maximum atomic E-state index is 12.3. The highest BCUT2D eigenvalue weighted by Gasteiger charge is 2.20. The van der Waals surface area contributed by atoms with Gasteiger partial charge in [0.15, 0.2) is 0 Å². The number of amides is 2. The Morgan fingerprint density at radius 3 is 2.62 bits per heavy atom. The van der Waals surface area contributed by atoms with Gasteiger partial charge in [0.1, 0.15) is 17.1 Å². The predicted octanol–water partition coefficient (Wildman–Crippen LogP) is 3.87. The summed E-state index contributed by atoms with van der Waals surface area (Å²) in [5.74, 6) is 1.43. The molecule has 1 aromatic heterocycles. The molecule has 1 atom stereocenters. The van der Waals surface area contributed by atoms with Gasteiger partial charge in [-0.1, -0.05) is 30.3 Å². The van der Waals surface area contributed by atoms with Crippen LogP contribution in [0, 0.1) is 0 Å². The highest BCUT2D eigenvalue weighted by molar-refractivity contribution is 5.90. The minimum absolute atomic E-state index is 0.0779. The van der Waals surface area contributed by atoms with E-state index in [9.17, 15) is 4.79 Å². The molecule has 6 nitrogen and oxygen atoms in total. The lowest BCUT2D eigenvalue weighted by Gasteiger charge is -2.22. The van der Waals surface area contributed by atoms with E-state index in [2.05, 4.69) is 10.6 Å². The van der Waals surface area contributed by atoms with Gasteiger partial charge >= 0.3 is 6.03 Å². The smallest absolute Gasteiger partial charge is 0.319 e. The number of nitrogens with one attached hydrogen (secondary N) is 2. The zero-order valence-corrected chi connectivity index (χ0v) is 15.2. The van der Waals surface area contributed by atoms with Crippen LogP contribution in [0.15, 0.2) is 59.0 Å². The summed E-state index contributed by atoms with van der Waals surface area (Å²) in [4.78, 5) is 14.3. The Labute approximate surface area is 152 Å². The maximum Gasteiger partial charge on any atom is 0.319 e. The molecule has 3 aromatic rings. The highest BCUT2D eigenvalue weighted by Crippen LogP contribution is 2.26. The Morgan fingerprint density at radius 2 is 1.88 bits per heavy atom. The van der Waals surface area contributed by atoms with Gasteiger partial charge in [0.25, 0.3) is 0 Å². The summed E-state index contributed by atoms with van der Waals surface area (Å²) < 4.78 is 11.2. The van der Waals surface area contributed by atoms with Crippen molar-refractivity contribution in [3.63, 3.8) is 0 Å². The third-order valence-electron chi connectivity index (χ3n) is 4.21. The van der Waals surface area contributed by atoms with E-state index in [0.717, 1.165) is 16.7 Å². The van der Waals surface area contributed by atoms with Gasteiger partial charge in [-0.05, 0) is 38.4 Å².